The topological polar surface area (TPSA) is 49.6 Å². The maximum atomic E-state index is 12.2. The van der Waals surface area contributed by atoms with Crippen LogP contribution < -0.4 is 5.73 Å². The number of nitrogens with two attached hydrogens (primary N) is 1. The van der Waals surface area contributed by atoms with Crippen LogP contribution in [-0.4, -0.2) is 57.9 Å². The van der Waals surface area contributed by atoms with Crippen LogP contribution in [0.4, 0.5) is 0 Å². The molecule has 0 amide bonds. The maximum Gasteiger partial charge on any atom is 0.0943 e. The van der Waals surface area contributed by atoms with Crippen LogP contribution >= 0.6 is 0 Å². The van der Waals surface area contributed by atoms with Crippen molar-refractivity contribution in [3.63, 3.8) is 0 Å². The minimum absolute atomic E-state index is 0.317. The molecule has 1 unspecified atom stereocenters. The van der Waals surface area contributed by atoms with E-state index in [1.807, 2.05) is 0 Å². The number of hydrogen-bond donors (Lipinski definition) is 1. The molecule has 2 N–H and O–H groups in total. The van der Waals surface area contributed by atoms with E-state index in [-0.39, 0.29) is 0 Å². The number of rotatable bonds is 9. The highest BCUT2D eigenvalue weighted by Crippen LogP contribution is 2.11. The summed E-state index contributed by atoms with van der Waals surface area (Å²) in [6.45, 7) is 9.60. The fourth-order valence-electron chi connectivity index (χ4n) is 2.43. The van der Waals surface area contributed by atoms with Gasteiger partial charge < -0.3 is 10.6 Å². The van der Waals surface area contributed by atoms with E-state index >= 15 is 0 Å². The number of hydrogen-bond acceptors (Lipinski definition) is 3. The Morgan fingerprint density at radius 3 is 2.42 bits per heavy atom. The molecule has 1 saturated heterocycles. The summed E-state index contributed by atoms with van der Waals surface area (Å²) >= 11 is 0. The first-order valence-corrected chi connectivity index (χ1v) is 9.06. The van der Waals surface area contributed by atoms with Crippen LogP contribution in [0.2, 0.25) is 0 Å². The normalized spacial score (nSPS) is 20.0. The number of piperidine rings is 1. The Bertz CT molecular complexity index is 255. The van der Waals surface area contributed by atoms with Crippen molar-refractivity contribution in [2.45, 2.75) is 52.0 Å². The van der Waals surface area contributed by atoms with Crippen LogP contribution in [0.25, 0.3) is 0 Å². The van der Waals surface area contributed by atoms with Gasteiger partial charge >= 0.3 is 0 Å². The van der Waals surface area contributed by atoms with Gasteiger partial charge in [0, 0.05) is 24.9 Å². The lowest BCUT2D eigenvalue weighted by molar-refractivity contribution is 0.283. The molecule has 0 aromatic rings. The predicted octanol–water partition coefficient (Wildman–Crippen LogP) is 1.59. The predicted molar refractivity (Wildman–Crippen MR) is 83.4 cm³/mol. The van der Waals surface area contributed by atoms with Gasteiger partial charge in [0.25, 0.3) is 0 Å². The smallest absolute Gasteiger partial charge is 0.0943 e. The molecule has 4 nitrogen and oxygen atoms in total. The van der Waals surface area contributed by atoms with Crippen molar-refractivity contribution in [3.05, 3.63) is 0 Å². The molecule has 1 aliphatic heterocycles. The Balaban J connectivity index is 2.15. The van der Waals surface area contributed by atoms with Gasteiger partial charge in [-0.1, -0.05) is 20.3 Å². The molecule has 0 aliphatic carbocycles. The van der Waals surface area contributed by atoms with Gasteiger partial charge in [0.15, 0.2) is 0 Å². The van der Waals surface area contributed by atoms with Crippen LogP contribution in [0, 0.1) is 0 Å². The lowest BCUT2D eigenvalue weighted by atomic mass is 10.1. The summed E-state index contributed by atoms with van der Waals surface area (Å²) in [6, 6.07) is 0.317. The first kappa shape index (κ1) is 17.1. The van der Waals surface area contributed by atoms with Crippen molar-refractivity contribution >= 4 is 11.0 Å². The summed E-state index contributed by atoms with van der Waals surface area (Å²) in [6.07, 6.45) is 5.52. The van der Waals surface area contributed by atoms with Crippen molar-refractivity contribution in [1.82, 2.24) is 9.21 Å². The van der Waals surface area contributed by atoms with E-state index in [0.717, 1.165) is 51.2 Å². The highest BCUT2D eigenvalue weighted by Gasteiger charge is 2.20. The molecular formula is C14H31N3OS. The molecule has 0 saturated carbocycles. The van der Waals surface area contributed by atoms with Crippen molar-refractivity contribution in [3.8, 4) is 0 Å². The first-order valence-electron chi connectivity index (χ1n) is 7.78. The van der Waals surface area contributed by atoms with Crippen LogP contribution in [0.1, 0.15) is 46.0 Å². The van der Waals surface area contributed by atoms with E-state index in [1.165, 1.54) is 19.4 Å². The van der Waals surface area contributed by atoms with Gasteiger partial charge in [-0.15, -0.1) is 0 Å². The SMILES string of the molecule is CCCCN(CC)CCCS(=O)N1CCC(N)CC1. The van der Waals surface area contributed by atoms with Gasteiger partial charge in [-0.05, 0) is 45.3 Å². The fraction of sp³-hybridized carbons (Fsp3) is 1.00. The summed E-state index contributed by atoms with van der Waals surface area (Å²) in [5.41, 5.74) is 5.87. The second-order valence-electron chi connectivity index (χ2n) is 5.43. The van der Waals surface area contributed by atoms with Crippen molar-refractivity contribution < 1.29 is 4.21 Å². The lowest BCUT2D eigenvalue weighted by Gasteiger charge is -2.29. The first-order chi connectivity index (χ1) is 9.17. The third-order valence-electron chi connectivity index (χ3n) is 3.85. The summed E-state index contributed by atoms with van der Waals surface area (Å²) in [7, 11) is -0.794. The van der Waals surface area contributed by atoms with E-state index in [2.05, 4.69) is 23.1 Å². The van der Waals surface area contributed by atoms with Gasteiger partial charge in [-0.3, -0.25) is 0 Å². The molecule has 0 radical (unpaired) electrons. The molecular weight excluding hydrogens is 258 g/mol. The average molecular weight is 289 g/mol. The molecule has 0 spiro atoms. The summed E-state index contributed by atoms with van der Waals surface area (Å²) in [5, 5.41) is 0. The molecule has 1 fully saturated rings. The fourth-order valence-corrected chi connectivity index (χ4v) is 3.68. The monoisotopic (exact) mass is 289 g/mol. The van der Waals surface area contributed by atoms with E-state index in [1.54, 1.807) is 0 Å². The van der Waals surface area contributed by atoms with Crippen molar-refractivity contribution in [1.29, 1.82) is 0 Å². The zero-order chi connectivity index (χ0) is 14.1. The Morgan fingerprint density at radius 1 is 1.21 bits per heavy atom. The van der Waals surface area contributed by atoms with Crippen LogP contribution in [0.5, 0.6) is 0 Å². The summed E-state index contributed by atoms with van der Waals surface area (Å²) < 4.78 is 14.3. The Morgan fingerprint density at radius 2 is 1.84 bits per heavy atom. The largest absolute Gasteiger partial charge is 0.328 e. The quantitative estimate of drug-likeness (QED) is 0.701. The second-order valence-corrected chi connectivity index (χ2v) is 7.00. The van der Waals surface area contributed by atoms with Crippen LogP contribution in [0.15, 0.2) is 0 Å². The summed E-state index contributed by atoms with van der Waals surface area (Å²) in [4.78, 5) is 2.47. The van der Waals surface area contributed by atoms with Crippen molar-refractivity contribution in [2.24, 2.45) is 5.73 Å². The molecule has 19 heavy (non-hydrogen) atoms. The maximum absolute atomic E-state index is 12.2. The van der Waals surface area contributed by atoms with Crippen molar-refractivity contribution in [2.75, 3.05) is 38.5 Å². The third kappa shape index (κ3) is 6.84. The van der Waals surface area contributed by atoms with Gasteiger partial charge in [0.05, 0.1) is 11.0 Å². The van der Waals surface area contributed by atoms with Crippen LogP contribution in [0.3, 0.4) is 0 Å². The molecule has 1 rings (SSSR count). The Kier molecular flexibility index (Phi) is 8.86. The lowest BCUT2D eigenvalue weighted by Crippen LogP contribution is -2.41. The standard InChI is InChI=1S/C14H31N3OS/c1-3-5-9-16(4-2)10-6-13-19(18)17-11-7-14(15)8-12-17/h14H,3-13,15H2,1-2H3. The Hall–Kier alpha value is 0.0300. The zero-order valence-electron chi connectivity index (χ0n) is 12.6. The van der Waals surface area contributed by atoms with E-state index in [4.69, 9.17) is 5.73 Å². The molecule has 1 atom stereocenters. The molecule has 114 valence electrons. The molecule has 1 aliphatic rings. The summed E-state index contributed by atoms with van der Waals surface area (Å²) in [5.74, 6) is 0.803. The molecule has 5 heteroatoms. The molecule has 0 aromatic carbocycles. The van der Waals surface area contributed by atoms with Crippen LogP contribution in [-0.2, 0) is 11.0 Å². The van der Waals surface area contributed by atoms with E-state index < -0.39 is 11.0 Å². The highest BCUT2D eigenvalue weighted by molar-refractivity contribution is 7.82. The minimum atomic E-state index is -0.794. The van der Waals surface area contributed by atoms with Gasteiger partial charge in [-0.25, -0.2) is 8.51 Å². The highest BCUT2D eigenvalue weighted by atomic mass is 32.2. The van der Waals surface area contributed by atoms with Gasteiger partial charge in [0.1, 0.15) is 0 Å². The van der Waals surface area contributed by atoms with E-state index in [9.17, 15) is 4.21 Å². The second kappa shape index (κ2) is 9.86. The zero-order valence-corrected chi connectivity index (χ0v) is 13.5. The minimum Gasteiger partial charge on any atom is -0.328 e. The third-order valence-corrected chi connectivity index (χ3v) is 5.43. The van der Waals surface area contributed by atoms with Gasteiger partial charge in [-0.2, -0.15) is 0 Å². The average Bonchev–Trinajstić information content (AvgIpc) is 2.43. The number of nitrogens with zero attached hydrogens (tertiary/aromatic N) is 2. The molecule has 0 bridgehead atoms. The molecule has 0 aromatic heterocycles. The van der Waals surface area contributed by atoms with Gasteiger partial charge in [0.2, 0.25) is 0 Å². The Labute approximate surface area is 121 Å². The number of unbranched alkanes of at least 4 members (excludes halogenated alkanes) is 1. The molecule has 1 heterocycles. The van der Waals surface area contributed by atoms with E-state index in [0.29, 0.717) is 6.04 Å².